The molecule has 1 spiro atoms. The van der Waals surface area contributed by atoms with Crippen molar-refractivity contribution >= 4 is 23.5 Å². The second-order valence-corrected chi connectivity index (χ2v) is 9.67. The van der Waals surface area contributed by atoms with E-state index in [9.17, 15) is 19.2 Å². The summed E-state index contributed by atoms with van der Waals surface area (Å²) in [7, 11) is 0. The van der Waals surface area contributed by atoms with Crippen LogP contribution in [0.5, 0.6) is 0 Å². The topological polar surface area (TPSA) is 83.6 Å². The molecule has 0 aromatic heterocycles. The third-order valence-corrected chi connectivity index (χ3v) is 7.18. The van der Waals surface area contributed by atoms with Gasteiger partial charge < -0.3 is 4.90 Å². The second kappa shape index (κ2) is 8.54. The summed E-state index contributed by atoms with van der Waals surface area (Å²) >= 11 is 0. The van der Waals surface area contributed by atoms with Gasteiger partial charge >= 0.3 is 6.03 Å². The summed E-state index contributed by atoms with van der Waals surface area (Å²) in [6, 6.07) is 3.54. The van der Waals surface area contributed by atoms with Gasteiger partial charge in [-0.15, -0.1) is 5.92 Å². The lowest BCUT2D eigenvalue weighted by atomic mass is 9.62. The zero-order valence-corrected chi connectivity index (χ0v) is 19.0. The summed E-state index contributed by atoms with van der Waals surface area (Å²) in [5, 5.41) is 2.48. The minimum Gasteiger partial charge on any atom is -0.324 e. The van der Waals surface area contributed by atoms with Crippen LogP contribution in [0.15, 0.2) is 12.1 Å². The van der Waals surface area contributed by atoms with Crippen LogP contribution in [-0.2, 0) is 14.4 Å². The highest BCUT2D eigenvalue weighted by Gasteiger charge is 2.48. The van der Waals surface area contributed by atoms with Crippen molar-refractivity contribution in [2.24, 2.45) is 11.3 Å². The largest absolute Gasteiger partial charge is 0.324 e. The number of piperidine rings is 1. The maximum atomic E-state index is 13.3. The number of nitrogens with one attached hydrogen (secondary N) is 1. The van der Waals surface area contributed by atoms with E-state index in [1.54, 1.807) is 11.8 Å². The van der Waals surface area contributed by atoms with Gasteiger partial charge in [-0.25, -0.2) is 4.79 Å². The quantitative estimate of drug-likeness (QED) is 0.571. The molecule has 1 heterocycles. The van der Waals surface area contributed by atoms with E-state index in [0.717, 1.165) is 35.1 Å². The maximum Gasteiger partial charge on any atom is 0.324 e. The number of hydrogen-bond donors (Lipinski definition) is 1. The predicted octanol–water partition coefficient (Wildman–Crippen LogP) is 3.42. The Bertz CT molecular complexity index is 1010. The van der Waals surface area contributed by atoms with Crippen molar-refractivity contribution in [2.75, 3.05) is 13.1 Å². The van der Waals surface area contributed by atoms with E-state index in [0.29, 0.717) is 38.8 Å². The number of urea groups is 1. The number of amides is 3. The lowest BCUT2D eigenvalue weighted by Gasteiger charge is -2.44. The molecule has 2 saturated carbocycles. The second-order valence-electron chi connectivity index (χ2n) is 9.67. The van der Waals surface area contributed by atoms with Gasteiger partial charge in [-0.05, 0) is 80.7 Å². The van der Waals surface area contributed by atoms with E-state index in [-0.39, 0.29) is 34.8 Å². The Labute approximate surface area is 189 Å². The number of aryl methyl sites for hydroxylation is 2. The zero-order valence-electron chi connectivity index (χ0n) is 19.0. The molecule has 1 N–H and O–H groups in total. The Hall–Kier alpha value is -2.94. The molecule has 1 aromatic carbocycles. The van der Waals surface area contributed by atoms with Gasteiger partial charge in [0, 0.05) is 37.4 Å². The first kappa shape index (κ1) is 22.3. The highest BCUT2D eigenvalue weighted by molar-refractivity contribution is 6.10. The molecule has 3 fully saturated rings. The number of Topliss-reactive ketones (excluding diaryl/α,β-unsaturated/α-hetero) is 2. The summed E-state index contributed by atoms with van der Waals surface area (Å²) in [6.45, 7) is 6.57. The summed E-state index contributed by atoms with van der Waals surface area (Å²) in [5.74, 6) is 4.97. The molecule has 32 heavy (non-hydrogen) atoms. The molecular formula is C26H30N2O4. The van der Waals surface area contributed by atoms with Gasteiger partial charge in [0.15, 0.2) is 0 Å². The Kier molecular flexibility index (Phi) is 5.94. The minimum atomic E-state index is -0.707. The number of hydrogen-bond acceptors (Lipinski definition) is 4. The molecule has 1 saturated heterocycles. The summed E-state index contributed by atoms with van der Waals surface area (Å²) < 4.78 is 0. The normalized spacial score (nSPS) is 20.7. The smallest absolute Gasteiger partial charge is 0.324 e. The lowest BCUT2D eigenvalue weighted by molar-refractivity contribution is -0.138. The molecule has 0 atom stereocenters. The number of likely N-dealkylation sites (tertiary alicyclic amines) is 1. The first-order chi connectivity index (χ1) is 15.2. The predicted molar refractivity (Wildman–Crippen MR) is 120 cm³/mol. The van der Waals surface area contributed by atoms with Crippen LogP contribution in [0.4, 0.5) is 4.79 Å². The molecule has 0 bridgehead atoms. The van der Waals surface area contributed by atoms with Crippen LogP contribution in [0.3, 0.4) is 0 Å². The molecule has 1 aromatic rings. The maximum absolute atomic E-state index is 13.3. The van der Waals surface area contributed by atoms with Gasteiger partial charge in [-0.3, -0.25) is 19.7 Å². The van der Waals surface area contributed by atoms with Gasteiger partial charge in [-0.1, -0.05) is 5.92 Å². The van der Waals surface area contributed by atoms with E-state index < -0.39 is 5.92 Å². The van der Waals surface area contributed by atoms with Crippen molar-refractivity contribution in [2.45, 2.75) is 65.2 Å². The van der Waals surface area contributed by atoms with Crippen molar-refractivity contribution in [1.82, 2.24) is 10.2 Å². The molecule has 3 aliphatic rings. The Morgan fingerprint density at radius 2 is 1.59 bits per heavy atom. The number of imide groups is 1. The SMILES string of the molecule is CC#Cc1cc(C)c(C2C(=O)CC3(CCN(C(=O)NC(=O)C4CC4)CC3)CC2=O)c(C)c1. The molecule has 1 aliphatic heterocycles. The van der Waals surface area contributed by atoms with Crippen LogP contribution in [0.25, 0.3) is 0 Å². The highest BCUT2D eigenvalue weighted by Crippen LogP contribution is 2.46. The fourth-order valence-electron chi connectivity index (χ4n) is 5.32. The van der Waals surface area contributed by atoms with Crippen LogP contribution in [0.2, 0.25) is 0 Å². The molecular weight excluding hydrogens is 404 g/mol. The number of nitrogens with zero attached hydrogens (tertiary/aromatic N) is 1. The van der Waals surface area contributed by atoms with Gasteiger partial charge in [-0.2, -0.15) is 0 Å². The Morgan fingerprint density at radius 3 is 2.09 bits per heavy atom. The number of ketones is 2. The zero-order chi connectivity index (χ0) is 23.0. The van der Waals surface area contributed by atoms with E-state index in [1.807, 2.05) is 26.0 Å². The molecule has 6 nitrogen and oxygen atoms in total. The lowest BCUT2D eigenvalue weighted by Crippen LogP contribution is -2.51. The standard InChI is InChI=1S/C26H30N2O4/c1-4-5-18-12-16(2)22(17(3)13-18)23-20(29)14-26(15-21(23)30)8-10-28(11-9-26)25(32)27-24(31)19-6-7-19/h12-13,19,23H,6-11,14-15H2,1-3H3,(H,27,31,32). The monoisotopic (exact) mass is 434 g/mol. The average molecular weight is 435 g/mol. The van der Waals surface area contributed by atoms with E-state index in [4.69, 9.17) is 0 Å². The number of rotatable bonds is 2. The molecule has 4 rings (SSSR count). The number of carbonyl (C=O) groups is 4. The van der Waals surface area contributed by atoms with Crippen LogP contribution in [-0.4, -0.2) is 41.5 Å². The number of carbonyl (C=O) groups excluding carboxylic acids is 4. The first-order valence-corrected chi connectivity index (χ1v) is 11.4. The van der Waals surface area contributed by atoms with E-state index >= 15 is 0 Å². The van der Waals surface area contributed by atoms with Crippen molar-refractivity contribution < 1.29 is 19.2 Å². The van der Waals surface area contributed by atoms with Gasteiger partial charge in [0.1, 0.15) is 17.5 Å². The first-order valence-electron chi connectivity index (χ1n) is 11.4. The molecule has 0 unspecified atom stereocenters. The van der Waals surface area contributed by atoms with Gasteiger partial charge in [0.2, 0.25) is 5.91 Å². The molecule has 3 amide bonds. The van der Waals surface area contributed by atoms with Crippen molar-refractivity contribution in [3.63, 3.8) is 0 Å². The Balaban J connectivity index is 1.44. The summed E-state index contributed by atoms with van der Waals surface area (Å²) in [5.41, 5.74) is 3.20. The van der Waals surface area contributed by atoms with E-state index in [2.05, 4.69) is 17.2 Å². The summed E-state index contributed by atoms with van der Waals surface area (Å²) in [4.78, 5) is 52.4. The van der Waals surface area contributed by atoms with Gasteiger partial charge in [0.05, 0.1) is 0 Å². The molecule has 0 radical (unpaired) electrons. The molecule has 168 valence electrons. The highest BCUT2D eigenvalue weighted by atomic mass is 16.2. The molecule has 6 heteroatoms. The number of benzene rings is 1. The molecule has 2 aliphatic carbocycles. The van der Waals surface area contributed by atoms with Crippen molar-refractivity contribution in [3.05, 3.63) is 34.4 Å². The fraction of sp³-hybridized carbons (Fsp3) is 0.538. The fourth-order valence-corrected chi connectivity index (χ4v) is 5.32. The third kappa shape index (κ3) is 4.34. The van der Waals surface area contributed by atoms with Gasteiger partial charge in [0.25, 0.3) is 0 Å². The average Bonchev–Trinajstić information content (AvgIpc) is 3.55. The van der Waals surface area contributed by atoms with E-state index in [1.165, 1.54) is 0 Å². The third-order valence-electron chi connectivity index (χ3n) is 7.18. The van der Waals surface area contributed by atoms with Crippen molar-refractivity contribution in [1.29, 1.82) is 0 Å². The minimum absolute atomic E-state index is 0.0180. The van der Waals surface area contributed by atoms with Crippen LogP contribution >= 0.6 is 0 Å². The summed E-state index contributed by atoms with van der Waals surface area (Å²) in [6.07, 6.45) is 3.61. The van der Waals surface area contributed by atoms with Crippen molar-refractivity contribution in [3.8, 4) is 11.8 Å². The van der Waals surface area contributed by atoms with Crippen LogP contribution < -0.4 is 5.32 Å². The van der Waals surface area contributed by atoms with Crippen LogP contribution in [0.1, 0.15) is 73.6 Å². The van der Waals surface area contributed by atoms with Crippen LogP contribution in [0, 0.1) is 37.0 Å². The Morgan fingerprint density at radius 1 is 1.03 bits per heavy atom.